The van der Waals surface area contributed by atoms with Crippen molar-refractivity contribution in [1.82, 2.24) is 4.98 Å². The number of benzene rings is 2. The second kappa shape index (κ2) is 8.20. The van der Waals surface area contributed by atoms with Crippen molar-refractivity contribution >= 4 is 11.7 Å². The number of primary amides is 1. The molecule has 4 N–H and O–H groups in total. The van der Waals surface area contributed by atoms with Gasteiger partial charge in [0, 0.05) is 19.1 Å². The highest BCUT2D eigenvalue weighted by Crippen LogP contribution is 2.29. The van der Waals surface area contributed by atoms with E-state index in [-0.39, 0.29) is 17.5 Å². The lowest BCUT2D eigenvalue weighted by Crippen LogP contribution is -2.27. The summed E-state index contributed by atoms with van der Waals surface area (Å²) in [5.41, 5.74) is 11.7. The number of hydrogen-bond acceptors (Lipinski definition) is 6. The highest BCUT2D eigenvalue weighted by Gasteiger charge is 2.22. The molecular weight excluding hydrogens is 368 g/mol. The minimum atomic E-state index is -0.596. The van der Waals surface area contributed by atoms with Crippen LogP contribution in [-0.2, 0) is 0 Å². The normalized spacial score (nSPS) is 15.9. The fourth-order valence-electron chi connectivity index (χ4n) is 3.18. The molecule has 0 saturated carbocycles. The summed E-state index contributed by atoms with van der Waals surface area (Å²) in [6.45, 7) is 1.53. The third kappa shape index (κ3) is 4.47. The predicted octanol–water partition coefficient (Wildman–Crippen LogP) is 3.30. The van der Waals surface area contributed by atoms with Gasteiger partial charge in [0.2, 0.25) is 5.88 Å². The van der Waals surface area contributed by atoms with E-state index in [4.69, 9.17) is 20.9 Å². The highest BCUT2D eigenvalue weighted by atomic mass is 16.5. The maximum absolute atomic E-state index is 11.8. The van der Waals surface area contributed by atoms with Gasteiger partial charge >= 0.3 is 0 Å². The number of anilines is 1. The Morgan fingerprint density at radius 1 is 0.931 bits per heavy atom. The van der Waals surface area contributed by atoms with Crippen molar-refractivity contribution in [1.29, 1.82) is 0 Å². The van der Waals surface area contributed by atoms with Crippen LogP contribution in [0.1, 0.15) is 16.8 Å². The van der Waals surface area contributed by atoms with Gasteiger partial charge in [-0.25, -0.2) is 0 Å². The molecular formula is C22H22N4O3. The largest absolute Gasteiger partial charge is 0.457 e. The number of aromatic nitrogens is 1. The smallest absolute Gasteiger partial charge is 0.254 e. The zero-order valence-corrected chi connectivity index (χ0v) is 15.8. The van der Waals surface area contributed by atoms with Gasteiger partial charge in [-0.3, -0.25) is 4.79 Å². The Morgan fingerprint density at radius 2 is 1.59 bits per heavy atom. The number of nitrogens with zero attached hydrogens (tertiary/aromatic N) is 2. The van der Waals surface area contributed by atoms with Crippen LogP contribution < -0.4 is 25.8 Å². The Hall–Kier alpha value is -3.58. The second-order valence-electron chi connectivity index (χ2n) is 6.87. The summed E-state index contributed by atoms with van der Waals surface area (Å²) in [6, 6.07) is 20.1. The number of rotatable bonds is 6. The third-order valence-corrected chi connectivity index (χ3v) is 4.68. The molecule has 0 bridgehead atoms. The number of amides is 1. The van der Waals surface area contributed by atoms with Gasteiger partial charge in [-0.2, -0.15) is 4.98 Å². The lowest BCUT2D eigenvalue weighted by molar-refractivity contribution is 0.0997. The monoisotopic (exact) mass is 390 g/mol. The molecule has 1 atom stereocenters. The first-order chi connectivity index (χ1) is 14.1. The SMILES string of the molecule is NC(=O)c1ccc(N2CCC(N)C2)nc1Oc1ccc(Oc2ccccc2)cc1. The molecule has 2 heterocycles. The highest BCUT2D eigenvalue weighted by molar-refractivity contribution is 5.95. The molecule has 0 spiro atoms. The summed E-state index contributed by atoms with van der Waals surface area (Å²) in [5, 5.41) is 0. The molecule has 1 aliphatic heterocycles. The Morgan fingerprint density at radius 3 is 2.21 bits per heavy atom. The van der Waals surface area contributed by atoms with Crippen LogP contribution in [0.15, 0.2) is 66.7 Å². The van der Waals surface area contributed by atoms with Gasteiger partial charge in [0.15, 0.2) is 0 Å². The first-order valence-corrected chi connectivity index (χ1v) is 9.41. The van der Waals surface area contributed by atoms with Gasteiger partial charge in [0.25, 0.3) is 5.91 Å². The molecule has 1 unspecified atom stereocenters. The van der Waals surface area contributed by atoms with Crippen molar-refractivity contribution < 1.29 is 14.3 Å². The summed E-state index contributed by atoms with van der Waals surface area (Å²) < 4.78 is 11.7. The van der Waals surface area contributed by atoms with E-state index < -0.39 is 5.91 Å². The first-order valence-electron chi connectivity index (χ1n) is 9.41. The van der Waals surface area contributed by atoms with E-state index in [1.54, 1.807) is 36.4 Å². The molecule has 1 aliphatic rings. The predicted molar refractivity (Wildman–Crippen MR) is 111 cm³/mol. The number of nitrogens with two attached hydrogens (primary N) is 2. The third-order valence-electron chi connectivity index (χ3n) is 4.68. The van der Waals surface area contributed by atoms with Crippen LogP contribution in [0.25, 0.3) is 0 Å². The molecule has 2 aromatic carbocycles. The van der Waals surface area contributed by atoms with Crippen LogP contribution in [0, 0.1) is 0 Å². The number of carbonyl (C=O) groups excluding carboxylic acids is 1. The quantitative estimate of drug-likeness (QED) is 0.669. The average Bonchev–Trinajstić information content (AvgIpc) is 3.16. The van der Waals surface area contributed by atoms with Gasteiger partial charge in [0.1, 0.15) is 28.6 Å². The summed E-state index contributed by atoms with van der Waals surface area (Å²) in [5.74, 6) is 2.23. The zero-order valence-electron chi connectivity index (χ0n) is 15.8. The van der Waals surface area contributed by atoms with Gasteiger partial charge < -0.3 is 25.8 Å². The van der Waals surface area contributed by atoms with E-state index in [1.807, 2.05) is 30.3 Å². The fraction of sp³-hybridized carbons (Fsp3) is 0.182. The van der Waals surface area contributed by atoms with Crippen LogP contribution >= 0.6 is 0 Å². The number of hydrogen-bond donors (Lipinski definition) is 2. The lowest BCUT2D eigenvalue weighted by atomic mass is 10.2. The Labute approximate surface area is 168 Å². The molecule has 1 amide bonds. The molecule has 0 aliphatic carbocycles. The molecule has 4 rings (SSSR count). The molecule has 29 heavy (non-hydrogen) atoms. The number of ether oxygens (including phenoxy) is 2. The minimum Gasteiger partial charge on any atom is -0.457 e. The van der Waals surface area contributed by atoms with Crippen molar-refractivity contribution in [3.63, 3.8) is 0 Å². The topological polar surface area (TPSA) is 104 Å². The van der Waals surface area contributed by atoms with E-state index in [0.29, 0.717) is 23.9 Å². The Kier molecular flexibility index (Phi) is 5.31. The van der Waals surface area contributed by atoms with Crippen molar-refractivity contribution in [3.05, 3.63) is 72.3 Å². The van der Waals surface area contributed by atoms with E-state index in [1.165, 1.54) is 0 Å². The van der Waals surface area contributed by atoms with Crippen molar-refractivity contribution in [2.24, 2.45) is 11.5 Å². The van der Waals surface area contributed by atoms with Crippen molar-refractivity contribution in [2.75, 3.05) is 18.0 Å². The lowest BCUT2D eigenvalue weighted by Gasteiger charge is -2.18. The fourth-order valence-corrected chi connectivity index (χ4v) is 3.18. The first kappa shape index (κ1) is 18.8. The maximum Gasteiger partial charge on any atom is 0.254 e. The van der Waals surface area contributed by atoms with Crippen LogP contribution in [0.3, 0.4) is 0 Å². The molecule has 0 radical (unpaired) electrons. The molecule has 7 heteroatoms. The molecule has 1 fully saturated rings. The van der Waals surface area contributed by atoms with Crippen LogP contribution in [-0.4, -0.2) is 30.0 Å². The summed E-state index contributed by atoms with van der Waals surface area (Å²) >= 11 is 0. The minimum absolute atomic E-state index is 0.120. The standard InChI is InChI=1S/C22H22N4O3/c23-15-12-13-26(14-15)20-11-10-19(21(24)27)22(25-20)29-18-8-6-17(7-9-18)28-16-4-2-1-3-5-16/h1-11,15H,12-14,23H2,(H2,24,27). The summed E-state index contributed by atoms with van der Waals surface area (Å²) in [6.07, 6.45) is 0.901. The second-order valence-corrected chi connectivity index (χ2v) is 6.87. The van der Waals surface area contributed by atoms with E-state index in [0.717, 1.165) is 18.7 Å². The zero-order chi connectivity index (χ0) is 20.2. The number of pyridine rings is 1. The molecule has 7 nitrogen and oxygen atoms in total. The van der Waals surface area contributed by atoms with Crippen LogP contribution in [0.2, 0.25) is 0 Å². The van der Waals surface area contributed by atoms with Gasteiger partial charge in [-0.1, -0.05) is 18.2 Å². The van der Waals surface area contributed by atoms with Crippen molar-refractivity contribution in [3.8, 4) is 23.1 Å². The molecule has 148 valence electrons. The van der Waals surface area contributed by atoms with Gasteiger partial charge in [-0.15, -0.1) is 0 Å². The van der Waals surface area contributed by atoms with E-state index in [2.05, 4.69) is 9.88 Å². The average molecular weight is 390 g/mol. The Balaban J connectivity index is 1.53. The summed E-state index contributed by atoms with van der Waals surface area (Å²) in [7, 11) is 0. The molecule has 3 aromatic rings. The number of para-hydroxylation sites is 1. The summed E-state index contributed by atoms with van der Waals surface area (Å²) in [4.78, 5) is 18.4. The van der Waals surface area contributed by atoms with Crippen LogP contribution in [0.4, 0.5) is 5.82 Å². The van der Waals surface area contributed by atoms with Gasteiger partial charge in [0.05, 0.1) is 0 Å². The van der Waals surface area contributed by atoms with Crippen molar-refractivity contribution in [2.45, 2.75) is 12.5 Å². The van der Waals surface area contributed by atoms with E-state index in [9.17, 15) is 4.79 Å². The molecule has 1 aromatic heterocycles. The molecule has 1 saturated heterocycles. The number of carbonyl (C=O) groups is 1. The van der Waals surface area contributed by atoms with Crippen LogP contribution in [0.5, 0.6) is 23.1 Å². The maximum atomic E-state index is 11.8. The Bertz CT molecular complexity index is 993. The van der Waals surface area contributed by atoms with E-state index >= 15 is 0 Å². The van der Waals surface area contributed by atoms with Gasteiger partial charge in [-0.05, 0) is 55.0 Å².